The Hall–Kier alpha value is -1.62. The highest BCUT2D eigenvalue weighted by atomic mass is 15.3. The molecule has 1 aliphatic heterocycles. The molecular weight excluding hydrogens is 226 g/mol. The minimum Gasteiger partial charge on any atom is -0.363 e. The van der Waals surface area contributed by atoms with Gasteiger partial charge in [0.2, 0.25) is 0 Å². The van der Waals surface area contributed by atoms with Crippen molar-refractivity contribution in [1.82, 2.24) is 19.9 Å². The number of rotatable bonds is 2. The lowest BCUT2D eigenvalue weighted by Gasteiger charge is -2.14. The second kappa shape index (κ2) is 4.24. The van der Waals surface area contributed by atoms with Gasteiger partial charge in [0, 0.05) is 31.9 Å². The van der Waals surface area contributed by atoms with Crippen molar-refractivity contribution in [3.8, 4) is 0 Å². The van der Waals surface area contributed by atoms with E-state index >= 15 is 0 Å². The van der Waals surface area contributed by atoms with Crippen LogP contribution in [0.3, 0.4) is 0 Å². The molecule has 1 N–H and O–H groups in total. The van der Waals surface area contributed by atoms with Gasteiger partial charge in [-0.3, -0.25) is 0 Å². The van der Waals surface area contributed by atoms with Gasteiger partial charge >= 0.3 is 0 Å². The first-order valence-electron chi connectivity index (χ1n) is 6.43. The Morgan fingerprint density at radius 3 is 2.89 bits per heavy atom. The van der Waals surface area contributed by atoms with E-state index in [1.54, 1.807) is 0 Å². The van der Waals surface area contributed by atoms with E-state index in [0.29, 0.717) is 6.04 Å². The fraction of sp³-hybridized carbons (Fsp3) is 0.538. The van der Waals surface area contributed by atoms with Crippen molar-refractivity contribution in [1.29, 1.82) is 0 Å². The highest BCUT2D eigenvalue weighted by Crippen LogP contribution is 2.24. The molecule has 3 heterocycles. The first-order chi connectivity index (χ1) is 8.65. The average molecular weight is 245 g/mol. The number of aromatic nitrogens is 3. The summed E-state index contributed by atoms with van der Waals surface area (Å²) < 4.78 is 1.93. The molecule has 1 unspecified atom stereocenters. The zero-order chi connectivity index (χ0) is 12.7. The fourth-order valence-electron chi connectivity index (χ4n) is 2.52. The van der Waals surface area contributed by atoms with Gasteiger partial charge in [0.1, 0.15) is 5.82 Å². The lowest BCUT2D eigenvalue weighted by atomic mass is 10.2. The molecule has 1 atom stereocenters. The van der Waals surface area contributed by atoms with Gasteiger partial charge in [-0.2, -0.15) is 9.61 Å². The van der Waals surface area contributed by atoms with Gasteiger partial charge in [-0.25, -0.2) is 4.98 Å². The van der Waals surface area contributed by atoms with Crippen LogP contribution >= 0.6 is 0 Å². The molecule has 0 spiro atoms. The molecule has 3 rings (SSSR count). The molecule has 5 heteroatoms. The van der Waals surface area contributed by atoms with Gasteiger partial charge in [0.25, 0.3) is 0 Å². The highest BCUT2D eigenvalue weighted by molar-refractivity contribution is 5.51. The predicted octanol–water partition coefficient (Wildman–Crippen LogP) is 1.53. The number of hydrogen-bond acceptors (Lipinski definition) is 4. The third-order valence-electron chi connectivity index (χ3n) is 3.43. The molecule has 1 saturated heterocycles. The van der Waals surface area contributed by atoms with Crippen molar-refractivity contribution in [3.05, 3.63) is 23.5 Å². The standard InChI is InChI=1S/C13H19N5/c1-9-7-13(17(2)3)18-12(15-9)8-11(16-18)10-5-4-6-14-10/h7-8,10,14H,4-6H2,1-3H3. The van der Waals surface area contributed by atoms with E-state index in [1.165, 1.54) is 12.8 Å². The zero-order valence-corrected chi connectivity index (χ0v) is 11.1. The summed E-state index contributed by atoms with van der Waals surface area (Å²) in [5.41, 5.74) is 3.06. The third kappa shape index (κ3) is 1.84. The second-order valence-corrected chi connectivity index (χ2v) is 5.14. The summed E-state index contributed by atoms with van der Waals surface area (Å²) >= 11 is 0. The van der Waals surface area contributed by atoms with Crippen LogP contribution in [0.25, 0.3) is 5.65 Å². The molecule has 1 aliphatic rings. The summed E-state index contributed by atoms with van der Waals surface area (Å²) in [7, 11) is 4.06. The molecule has 0 bridgehead atoms. The number of hydrogen-bond donors (Lipinski definition) is 1. The molecule has 0 aromatic carbocycles. The fourth-order valence-corrected chi connectivity index (χ4v) is 2.52. The number of fused-ring (bicyclic) bond motifs is 1. The van der Waals surface area contributed by atoms with Crippen LogP contribution in [0.5, 0.6) is 0 Å². The summed E-state index contributed by atoms with van der Waals surface area (Å²) in [4.78, 5) is 6.63. The second-order valence-electron chi connectivity index (χ2n) is 5.14. The number of nitrogens with one attached hydrogen (secondary N) is 1. The summed E-state index contributed by atoms with van der Waals surface area (Å²) in [5, 5.41) is 8.19. The molecule has 5 nitrogen and oxygen atoms in total. The van der Waals surface area contributed by atoms with Crippen molar-refractivity contribution in [2.45, 2.75) is 25.8 Å². The van der Waals surface area contributed by atoms with Crippen LogP contribution < -0.4 is 10.2 Å². The van der Waals surface area contributed by atoms with Gasteiger partial charge in [-0.05, 0) is 26.3 Å². The quantitative estimate of drug-likeness (QED) is 0.871. The maximum Gasteiger partial charge on any atom is 0.157 e. The first-order valence-corrected chi connectivity index (χ1v) is 6.43. The summed E-state index contributed by atoms with van der Waals surface area (Å²) in [6.45, 7) is 3.11. The molecule has 96 valence electrons. The topological polar surface area (TPSA) is 45.5 Å². The number of aryl methyl sites for hydroxylation is 1. The number of anilines is 1. The van der Waals surface area contributed by atoms with Crippen LogP contribution in [0.4, 0.5) is 5.82 Å². The molecular formula is C13H19N5. The smallest absolute Gasteiger partial charge is 0.157 e. The van der Waals surface area contributed by atoms with Gasteiger partial charge in [0.15, 0.2) is 5.65 Å². The minimum absolute atomic E-state index is 0.391. The van der Waals surface area contributed by atoms with Crippen molar-refractivity contribution < 1.29 is 0 Å². The van der Waals surface area contributed by atoms with E-state index in [4.69, 9.17) is 5.10 Å². The number of nitrogens with zero attached hydrogens (tertiary/aromatic N) is 4. The van der Waals surface area contributed by atoms with Crippen molar-refractivity contribution in [3.63, 3.8) is 0 Å². The normalized spacial score (nSPS) is 19.6. The maximum atomic E-state index is 4.71. The van der Waals surface area contributed by atoms with Crippen LogP contribution in [0.15, 0.2) is 12.1 Å². The molecule has 18 heavy (non-hydrogen) atoms. The lowest BCUT2D eigenvalue weighted by Crippen LogP contribution is -2.16. The molecule has 0 aliphatic carbocycles. The Morgan fingerprint density at radius 2 is 2.22 bits per heavy atom. The summed E-state index contributed by atoms with van der Waals surface area (Å²) in [5.74, 6) is 1.07. The predicted molar refractivity (Wildman–Crippen MR) is 72.0 cm³/mol. The molecule has 0 amide bonds. The SMILES string of the molecule is Cc1cc(N(C)C)n2nc(C3CCCN3)cc2n1. The Morgan fingerprint density at radius 1 is 1.39 bits per heavy atom. The first kappa shape index (κ1) is 11.5. The van der Waals surface area contributed by atoms with E-state index in [1.807, 2.05) is 25.5 Å². The van der Waals surface area contributed by atoms with Crippen molar-refractivity contribution in [2.24, 2.45) is 0 Å². The van der Waals surface area contributed by atoms with Crippen LogP contribution in [0, 0.1) is 6.92 Å². The van der Waals surface area contributed by atoms with E-state index in [0.717, 1.165) is 29.4 Å². The minimum atomic E-state index is 0.391. The van der Waals surface area contributed by atoms with Crippen molar-refractivity contribution >= 4 is 11.5 Å². The highest BCUT2D eigenvalue weighted by Gasteiger charge is 2.20. The Balaban J connectivity index is 2.12. The lowest BCUT2D eigenvalue weighted by molar-refractivity contribution is 0.620. The van der Waals surface area contributed by atoms with Crippen LogP contribution in [-0.2, 0) is 0 Å². The van der Waals surface area contributed by atoms with Gasteiger partial charge in [-0.1, -0.05) is 0 Å². The summed E-state index contributed by atoms with van der Waals surface area (Å²) in [6.07, 6.45) is 2.39. The maximum absolute atomic E-state index is 4.71. The average Bonchev–Trinajstić information content (AvgIpc) is 2.95. The van der Waals surface area contributed by atoms with Crippen molar-refractivity contribution in [2.75, 3.05) is 25.5 Å². The summed E-state index contributed by atoms with van der Waals surface area (Å²) in [6, 6.07) is 4.55. The Labute approximate surface area is 107 Å². The molecule has 1 fully saturated rings. The van der Waals surface area contributed by atoms with Gasteiger partial charge in [0.05, 0.1) is 11.7 Å². The van der Waals surface area contributed by atoms with Gasteiger partial charge in [-0.15, -0.1) is 0 Å². The third-order valence-corrected chi connectivity index (χ3v) is 3.43. The van der Waals surface area contributed by atoms with E-state index in [-0.39, 0.29) is 0 Å². The largest absolute Gasteiger partial charge is 0.363 e. The van der Waals surface area contributed by atoms with E-state index in [9.17, 15) is 0 Å². The molecule has 2 aromatic heterocycles. The van der Waals surface area contributed by atoms with Crippen LogP contribution in [-0.4, -0.2) is 35.2 Å². The Bertz CT molecular complexity index is 566. The molecule has 0 radical (unpaired) electrons. The Kier molecular flexibility index (Phi) is 2.70. The van der Waals surface area contributed by atoms with E-state index in [2.05, 4.69) is 27.3 Å². The zero-order valence-electron chi connectivity index (χ0n) is 11.1. The monoisotopic (exact) mass is 245 g/mol. The van der Waals surface area contributed by atoms with E-state index < -0.39 is 0 Å². The molecule has 0 saturated carbocycles. The molecule has 2 aromatic rings. The van der Waals surface area contributed by atoms with Crippen LogP contribution in [0.1, 0.15) is 30.3 Å². The van der Waals surface area contributed by atoms with Crippen LogP contribution in [0.2, 0.25) is 0 Å². The van der Waals surface area contributed by atoms with Gasteiger partial charge < -0.3 is 10.2 Å².